The van der Waals surface area contributed by atoms with Gasteiger partial charge in [0.1, 0.15) is 0 Å². The predicted octanol–water partition coefficient (Wildman–Crippen LogP) is 2.40. The molecule has 0 atom stereocenters. The van der Waals surface area contributed by atoms with Crippen LogP contribution >= 0.6 is 0 Å². The van der Waals surface area contributed by atoms with Crippen molar-refractivity contribution in [1.82, 2.24) is 4.90 Å². The minimum Gasteiger partial charge on any atom is -0.375 e. The van der Waals surface area contributed by atoms with Crippen LogP contribution in [0.1, 0.15) is 33.1 Å². The number of likely N-dealkylation sites (tertiary alicyclic amines) is 1. The van der Waals surface area contributed by atoms with Gasteiger partial charge in [-0.25, -0.2) is 0 Å². The van der Waals surface area contributed by atoms with Crippen molar-refractivity contribution < 1.29 is 0 Å². The Morgan fingerprint density at radius 3 is 2.40 bits per heavy atom. The SMILES string of the molecule is C/C=C(\CC)N1CCCC1. The number of allylic oxidation sites excluding steroid dienone is 2. The van der Waals surface area contributed by atoms with Gasteiger partial charge in [-0.1, -0.05) is 13.0 Å². The van der Waals surface area contributed by atoms with E-state index >= 15 is 0 Å². The van der Waals surface area contributed by atoms with Gasteiger partial charge >= 0.3 is 0 Å². The molecule has 0 amide bonds. The molecular formula is C9H17N. The van der Waals surface area contributed by atoms with Crippen LogP contribution < -0.4 is 0 Å². The van der Waals surface area contributed by atoms with Crippen molar-refractivity contribution in [3.05, 3.63) is 11.8 Å². The summed E-state index contributed by atoms with van der Waals surface area (Å²) >= 11 is 0. The fraction of sp³-hybridized carbons (Fsp3) is 0.778. The van der Waals surface area contributed by atoms with Crippen LogP contribution in [0.4, 0.5) is 0 Å². The minimum absolute atomic E-state index is 1.19. The van der Waals surface area contributed by atoms with Crippen molar-refractivity contribution in [2.45, 2.75) is 33.1 Å². The summed E-state index contributed by atoms with van der Waals surface area (Å²) in [6.45, 7) is 6.94. The Hall–Kier alpha value is -0.460. The van der Waals surface area contributed by atoms with Gasteiger partial charge in [-0.3, -0.25) is 0 Å². The first-order valence-corrected chi connectivity index (χ1v) is 4.28. The second-order valence-electron chi connectivity index (χ2n) is 2.83. The first kappa shape index (κ1) is 7.64. The van der Waals surface area contributed by atoms with Crippen LogP contribution in [0.15, 0.2) is 11.8 Å². The lowest BCUT2D eigenvalue weighted by atomic mass is 10.3. The Morgan fingerprint density at radius 2 is 2.00 bits per heavy atom. The zero-order valence-corrected chi connectivity index (χ0v) is 7.06. The maximum Gasteiger partial charge on any atom is 0.0175 e. The van der Waals surface area contributed by atoms with Gasteiger partial charge in [-0.15, -0.1) is 0 Å². The summed E-state index contributed by atoms with van der Waals surface area (Å²) in [7, 11) is 0. The van der Waals surface area contributed by atoms with Gasteiger partial charge in [-0.05, 0) is 26.2 Å². The average molecular weight is 139 g/mol. The number of nitrogens with zero attached hydrogens (tertiary/aromatic N) is 1. The van der Waals surface area contributed by atoms with E-state index in [-0.39, 0.29) is 0 Å². The molecule has 0 bridgehead atoms. The Morgan fingerprint density at radius 1 is 1.40 bits per heavy atom. The van der Waals surface area contributed by atoms with Crippen LogP contribution in [-0.2, 0) is 0 Å². The van der Waals surface area contributed by atoms with Crippen molar-refractivity contribution in [2.75, 3.05) is 13.1 Å². The van der Waals surface area contributed by atoms with E-state index in [1.54, 1.807) is 0 Å². The fourth-order valence-electron chi connectivity index (χ4n) is 1.61. The molecule has 1 rings (SSSR count). The summed E-state index contributed by atoms with van der Waals surface area (Å²) in [5, 5.41) is 0. The molecule has 0 aromatic carbocycles. The lowest BCUT2D eigenvalue weighted by molar-refractivity contribution is 0.412. The van der Waals surface area contributed by atoms with Crippen molar-refractivity contribution >= 4 is 0 Å². The highest BCUT2D eigenvalue weighted by molar-refractivity contribution is 5.00. The van der Waals surface area contributed by atoms with E-state index in [4.69, 9.17) is 0 Å². The largest absolute Gasteiger partial charge is 0.375 e. The molecule has 10 heavy (non-hydrogen) atoms. The molecule has 0 aromatic heterocycles. The molecule has 1 heteroatoms. The van der Waals surface area contributed by atoms with E-state index in [1.165, 1.54) is 38.0 Å². The fourth-order valence-corrected chi connectivity index (χ4v) is 1.61. The molecule has 1 nitrogen and oxygen atoms in total. The van der Waals surface area contributed by atoms with E-state index in [2.05, 4.69) is 24.8 Å². The molecule has 58 valence electrons. The summed E-state index contributed by atoms with van der Waals surface area (Å²) < 4.78 is 0. The molecule has 0 spiro atoms. The Bertz CT molecular complexity index is 121. The summed E-state index contributed by atoms with van der Waals surface area (Å²) in [4.78, 5) is 2.50. The molecule has 0 unspecified atom stereocenters. The summed E-state index contributed by atoms with van der Waals surface area (Å²) in [5.74, 6) is 0. The third-order valence-corrected chi connectivity index (χ3v) is 2.21. The van der Waals surface area contributed by atoms with Crippen LogP contribution in [0.3, 0.4) is 0 Å². The van der Waals surface area contributed by atoms with Gasteiger partial charge < -0.3 is 4.90 Å². The molecule has 1 saturated heterocycles. The quantitative estimate of drug-likeness (QED) is 0.568. The summed E-state index contributed by atoms with van der Waals surface area (Å²) in [6, 6.07) is 0. The average Bonchev–Trinajstić information content (AvgIpc) is 2.43. The molecule has 1 aliphatic rings. The molecule has 0 radical (unpaired) electrons. The second kappa shape index (κ2) is 3.65. The topological polar surface area (TPSA) is 3.24 Å². The highest BCUT2D eigenvalue weighted by atomic mass is 15.1. The predicted molar refractivity (Wildman–Crippen MR) is 44.9 cm³/mol. The van der Waals surface area contributed by atoms with Crippen molar-refractivity contribution in [1.29, 1.82) is 0 Å². The number of hydrogen-bond acceptors (Lipinski definition) is 1. The maximum absolute atomic E-state index is 2.50. The highest BCUT2D eigenvalue weighted by Gasteiger charge is 2.11. The number of rotatable bonds is 2. The normalized spacial score (nSPS) is 20.2. The number of hydrogen-bond donors (Lipinski definition) is 0. The first-order valence-electron chi connectivity index (χ1n) is 4.28. The van der Waals surface area contributed by atoms with Gasteiger partial charge in [0.25, 0.3) is 0 Å². The van der Waals surface area contributed by atoms with Gasteiger partial charge in [0.15, 0.2) is 0 Å². The first-order chi connectivity index (χ1) is 4.88. The van der Waals surface area contributed by atoms with Crippen molar-refractivity contribution in [3.63, 3.8) is 0 Å². The van der Waals surface area contributed by atoms with Crippen LogP contribution in [0.25, 0.3) is 0 Å². The zero-order valence-electron chi connectivity index (χ0n) is 7.06. The van der Waals surface area contributed by atoms with Gasteiger partial charge in [0, 0.05) is 18.8 Å². The van der Waals surface area contributed by atoms with Crippen LogP contribution in [-0.4, -0.2) is 18.0 Å². The molecule has 1 heterocycles. The Balaban J connectivity index is 2.45. The van der Waals surface area contributed by atoms with Crippen molar-refractivity contribution in [2.24, 2.45) is 0 Å². The van der Waals surface area contributed by atoms with E-state index in [0.717, 1.165) is 0 Å². The van der Waals surface area contributed by atoms with Crippen molar-refractivity contribution in [3.8, 4) is 0 Å². The van der Waals surface area contributed by atoms with Crippen LogP contribution in [0.2, 0.25) is 0 Å². The van der Waals surface area contributed by atoms with Crippen LogP contribution in [0.5, 0.6) is 0 Å². The van der Waals surface area contributed by atoms with E-state index < -0.39 is 0 Å². The molecule has 0 aliphatic carbocycles. The molecule has 0 aromatic rings. The van der Waals surface area contributed by atoms with Gasteiger partial charge in [0.05, 0.1) is 0 Å². The Labute approximate surface area is 63.7 Å². The molecule has 0 saturated carbocycles. The summed E-state index contributed by atoms with van der Waals surface area (Å²) in [5.41, 5.74) is 1.53. The van der Waals surface area contributed by atoms with E-state index in [0.29, 0.717) is 0 Å². The van der Waals surface area contributed by atoms with Crippen LogP contribution in [0, 0.1) is 0 Å². The van der Waals surface area contributed by atoms with E-state index in [1.807, 2.05) is 0 Å². The third-order valence-electron chi connectivity index (χ3n) is 2.21. The van der Waals surface area contributed by atoms with E-state index in [9.17, 15) is 0 Å². The lowest BCUT2D eigenvalue weighted by Crippen LogP contribution is -2.17. The third kappa shape index (κ3) is 1.53. The van der Waals surface area contributed by atoms with Gasteiger partial charge in [0.2, 0.25) is 0 Å². The highest BCUT2D eigenvalue weighted by Crippen LogP contribution is 2.16. The molecular weight excluding hydrogens is 122 g/mol. The smallest absolute Gasteiger partial charge is 0.0175 e. The zero-order chi connectivity index (χ0) is 7.40. The lowest BCUT2D eigenvalue weighted by Gasteiger charge is -2.19. The maximum atomic E-state index is 2.50. The summed E-state index contributed by atoms with van der Waals surface area (Å²) in [6.07, 6.45) is 6.20. The van der Waals surface area contributed by atoms with Gasteiger partial charge in [-0.2, -0.15) is 0 Å². The molecule has 0 N–H and O–H groups in total. The second-order valence-corrected chi connectivity index (χ2v) is 2.83. The standard InChI is InChI=1S/C9H17N/c1-3-9(4-2)10-7-5-6-8-10/h3H,4-8H2,1-2H3/b9-3+. The minimum atomic E-state index is 1.19. The Kier molecular flexibility index (Phi) is 2.79. The molecule has 1 fully saturated rings. The monoisotopic (exact) mass is 139 g/mol. The molecule has 1 aliphatic heterocycles.